The van der Waals surface area contributed by atoms with Gasteiger partial charge in [-0.1, -0.05) is 0 Å². The Labute approximate surface area is 139 Å². The van der Waals surface area contributed by atoms with Crippen LogP contribution in [-0.4, -0.2) is 57.9 Å². The molecule has 8 nitrogen and oxygen atoms in total. The first-order valence-corrected chi connectivity index (χ1v) is 7.92. The number of nitrogens with zero attached hydrogens (tertiary/aromatic N) is 7. The molecule has 0 bridgehead atoms. The molecule has 0 unspecified atom stereocenters. The normalized spacial score (nSPS) is 15.1. The highest BCUT2D eigenvalue weighted by atomic mass is 16.5. The van der Waals surface area contributed by atoms with Crippen LogP contribution >= 0.6 is 0 Å². The Morgan fingerprint density at radius 1 is 1.04 bits per heavy atom. The zero-order valence-corrected chi connectivity index (χ0v) is 13.8. The summed E-state index contributed by atoms with van der Waals surface area (Å²) < 4.78 is 7.06. The molecule has 4 heterocycles. The molecule has 0 spiro atoms. The van der Waals surface area contributed by atoms with Crippen molar-refractivity contribution in [3.05, 3.63) is 36.4 Å². The molecule has 0 atom stereocenters. The predicted octanol–water partition coefficient (Wildman–Crippen LogP) is 1.16. The van der Waals surface area contributed by atoms with Gasteiger partial charge in [0.2, 0.25) is 11.8 Å². The number of aryl methyl sites for hydroxylation is 1. The number of anilines is 2. The molecular formula is C16H19N7O. The SMILES string of the molecule is COc1ccnc(N2CCN(c3nccn4nc(C)cc34)CC2)n1. The van der Waals surface area contributed by atoms with Crippen molar-refractivity contribution in [1.82, 2.24) is 24.6 Å². The number of hydrogen-bond donors (Lipinski definition) is 0. The van der Waals surface area contributed by atoms with Crippen LogP contribution in [0.25, 0.3) is 5.52 Å². The maximum atomic E-state index is 5.18. The molecule has 0 N–H and O–H groups in total. The van der Waals surface area contributed by atoms with Gasteiger partial charge in [-0.05, 0) is 13.0 Å². The summed E-state index contributed by atoms with van der Waals surface area (Å²) in [5.41, 5.74) is 2.04. The van der Waals surface area contributed by atoms with E-state index in [4.69, 9.17) is 4.74 Å². The van der Waals surface area contributed by atoms with Gasteiger partial charge in [0, 0.05) is 50.8 Å². The lowest BCUT2D eigenvalue weighted by Crippen LogP contribution is -2.47. The number of methoxy groups -OCH3 is 1. The number of hydrogen-bond acceptors (Lipinski definition) is 7. The molecule has 0 radical (unpaired) electrons. The van der Waals surface area contributed by atoms with Gasteiger partial charge >= 0.3 is 0 Å². The van der Waals surface area contributed by atoms with Crippen molar-refractivity contribution >= 4 is 17.3 Å². The minimum atomic E-state index is 0.587. The summed E-state index contributed by atoms with van der Waals surface area (Å²) in [6.07, 6.45) is 5.41. The maximum Gasteiger partial charge on any atom is 0.228 e. The van der Waals surface area contributed by atoms with E-state index in [1.54, 1.807) is 25.6 Å². The Morgan fingerprint density at radius 2 is 1.83 bits per heavy atom. The van der Waals surface area contributed by atoms with Crippen LogP contribution in [0, 0.1) is 6.92 Å². The summed E-state index contributed by atoms with van der Waals surface area (Å²) in [6, 6.07) is 3.83. The van der Waals surface area contributed by atoms with Crippen LogP contribution < -0.4 is 14.5 Å². The topological polar surface area (TPSA) is 71.7 Å². The van der Waals surface area contributed by atoms with E-state index in [1.807, 2.05) is 17.6 Å². The molecule has 3 aromatic rings. The highest BCUT2D eigenvalue weighted by molar-refractivity contribution is 5.69. The monoisotopic (exact) mass is 325 g/mol. The van der Waals surface area contributed by atoms with Crippen LogP contribution in [0.5, 0.6) is 5.88 Å². The summed E-state index contributed by atoms with van der Waals surface area (Å²) in [6.45, 7) is 5.38. The van der Waals surface area contributed by atoms with E-state index in [2.05, 4.69) is 35.9 Å². The first-order chi connectivity index (χ1) is 11.7. The first kappa shape index (κ1) is 14.7. The third-order valence-electron chi connectivity index (χ3n) is 4.18. The van der Waals surface area contributed by atoms with Gasteiger partial charge < -0.3 is 14.5 Å². The standard InChI is InChI=1S/C16H19N7O/c1-12-11-13-15(17-5-6-23(13)20-12)21-7-9-22(10-8-21)16-18-4-3-14(19-16)24-2/h3-6,11H,7-10H2,1-2H3. The van der Waals surface area contributed by atoms with Crippen molar-refractivity contribution in [3.63, 3.8) is 0 Å². The van der Waals surface area contributed by atoms with Gasteiger partial charge in [0.15, 0.2) is 5.82 Å². The van der Waals surface area contributed by atoms with Crippen LogP contribution in [-0.2, 0) is 0 Å². The van der Waals surface area contributed by atoms with E-state index in [1.165, 1.54) is 0 Å². The molecule has 1 saturated heterocycles. The van der Waals surface area contributed by atoms with Gasteiger partial charge in [-0.2, -0.15) is 10.1 Å². The predicted molar refractivity (Wildman–Crippen MR) is 90.7 cm³/mol. The highest BCUT2D eigenvalue weighted by Crippen LogP contribution is 2.22. The number of aromatic nitrogens is 5. The lowest BCUT2D eigenvalue weighted by atomic mass is 10.3. The number of rotatable bonds is 3. The highest BCUT2D eigenvalue weighted by Gasteiger charge is 2.22. The van der Waals surface area contributed by atoms with Crippen LogP contribution in [0.4, 0.5) is 11.8 Å². The second kappa shape index (κ2) is 5.95. The van der Waals surface area contributed by atoms with E-state index >= 15 is 0 Å². The van der Waals surface area contributed by atoms with Gasteiger partial charge in [-0.3, -0.25) is 0 Å². The Hall–Kier alpha value is -2.90. The van der Waals surface area contributed by atoms with Crippen molar-refractivity contribution in [1.29, 1.82) is 0 Å². The molecule has 1 aliphatic heterocycles. The number of ether oxygens (including phenoxy) is 1. The second-order valence-electron chi connectivity index (χ2n) is 5.74. The minimum absolute atomic E-state index is 0.587. The summed E-state index contributed by atoms with van der Waals surface area (Å²) in [5.74, 6) is 2.27. The van der Waals surface area contributed by atoms with Crippen molar-refractivity contribution in [2.24, 2.45) is 0 Å². The molecule has 24 heavy (non-hydrogen) atoms. The molecule has 0 saturated carbocycles. The van der Waals surface area contributed by atoms with Gasteiger partial charge in [-0.25, -0.2) is 14.5 Å². The van der Waals surface area contributed by atoms with Crippen LogP contribution in [0.2, 0.25) is 0 Å². The second-order valence-corrected chi connectivity index (χ2v) is 5.74. The Bertz CT molecular complexity index is 855. The number of fused-ring (bicyclic) bond motifs is 1. The van der Waals surface area contributed by atoms with E-state index in [-0.39, 0.29) is 0 Å². The maximum absolute atomic E-state index is 5.18. The summed E-state index contributed by atoms with van der Waals surface area (Å²) in [5, 5.41) is 4.46. The van der Waals surface area contributed by atoms with Crippen LogP contribution in [0.3, 0.4) is 0 Å². The summed E-state index contributed by atoms with van der Waals surface area (Å²) >= 11 is 0. The lowest BCUT2D eigenvalue weighted by Gasteiger charge is -2.35. The van der Waals surface area contributed by atoms with E-state index < -0.39 is 0 Å². The number of piperazine rings is 1. The summed E-state index contributed by atoms with van der Waals surface area (Å²) in [4.78, 5) is 17.8. The first-order valence-electron chi connectivity index (χ1n) is 7.92. The molecule has 0 amide bonds. The van der Waals surface area contributed by atoms with Crippen molar-refractivity contribution in [2.45, 2.75) is 6.92 Å². The third kappa shape index (κ3) is 2.60. The zero-order valence-electron chi connectivity index (χ0n) is 13.8. The van der Waals surface area contributed by atoms with Crippen LogP contribution in [0.15, 0.2) is 30.7 Å². The fraction of sp³-hybridized carbons (Fsp3) is 0.375. The average Bonchev–Trinajstić information content (AvgIpc) is 3.02. The van der Waals surface area contributed by atoms with Gasteiger partial charge in [0.05, 0.1) is 12.8 Å². The van der Waals surface area contributed by atoms with Crippen molar-refractivity contribution < 1.29 is 4.74 Å². The smallest absolute Gasteiger partial charge is 0.228 e. The lowest BCUT2D eigenvalue weighted by molar-refractivity contribution is 0.396. The van der Waals surface area contributed by atoms with E-state index in [0.717, 1.165) is 43.2 Å². The molecular weight excluding hydrogens is 306 g/mol. The largest absolute Gasteiger partial charge is 0.481 e. The third-order valence-corrected chi connectivity index (χ3v) is 4.18. The Balaban J connectivity index is 1.53. The van der Waals surface area contributed by atoms with Crippen molar-refractivity contribution in [3.8, 4) is 5.88 Å². The molecule has 124 valence electrons. The molecule has 8 heteroatoms. The molecule has 1 aliphatic rings. The van der Waals surface area contributed by atoms with Crippen molar-refractivity contribution in [2.75, 3.05) is 43.1 Å². The summed E-state index contributed by atoms with van der Waals surface area (Å²) in [7, 11) is 1.62. The molecule has 3 aromatic heterocycles. The van der Waals surface area contributed by atoms with Gasteiger partial charge in [-0.15, -0.1) is 0 Å². The zero-order chi connectivity index (χ0) is 16.5. The Kier molecular flexibility index (Phi) is 3.64. The molecule has 4 rings (SSSR count). The van der Waals surface area contributed by atoms with Crippen LogP contribution in [0.1, 0.15) is 5.69 Å². The average molecular weight is 325 g/mol. The quantitative estimate of drug-likeness (QED) is 0.715. The van der Waals surface area contributed by atoms with Gasteiger partial charge in [0.1, 0.15) is 5.52 Å². The van der Waals surface area contributed by atoms with E-state index in [0.29, 0.717) is 11.8 Å². The fourth-order valence-electron chi connectivity index (χ4n) is 2.99. The molecule has 0 aliphatic carbocycles. The molecule has 1 fully saturated rings. The minimum Gasteiger partial charge on any atom is -0.481 e. The Morgan fingerprint density at radius 3 is 2.62 bits per heavy atom. The molecule has 0 aromatic carbocycles. The van der Waals surface area contributed by atoms with Gasteiger partial charge in [0.25, 0.3) is 0 Å². The van der Waals surface area contributed by atoms with E-state index in [9.17, 15) is 0 Å². The fourth-order valence-corrected chi connectivity index (χ4v) is 2.99.